The van der Waals surface area contributed by atoms with Crippen LogP contribution in [-0.4, -0.2) is 34.7 Å². The van der Waals surface area contributed by atoms with Crippen LogP contribution in [0.2, 0.25) is 0 Å². The average Bonchev–Trinajstić information content (AvgIpc) is 3.32. The molecular weight excluding hydrogens is 328 g/mol. The number of carbonyl (C=O) groups is 3. The SMILES string of the molecule is O=C1[C@H]2[C@H](C(=O)N1c1ccccc1)[C@@H]1CC[C@@H]2N1C(=O)c1ccccc1. The molecule has 3 saturated heterocycles. The van der Waals surface area contributed by atoms with Crippen LogP contribution >= 0.6 is 0 Å². The van der Waals surface area contributed by atoms with Crippen molar-refractivity contribution in [3.8, 4) is 0 Å². The molecule has 3 aliphatic heterocycles. The predicted octanol–water partition coefficient (Wildman–Crippen LogP) is 2.48. The minimum absolute atomic E-state index is 0.0700. The van der Waals surface area contributed by atoms with Crippen LogP contribution in [0.15, 0.2) is 60.7 Å². The van der Waals surface area contributed by atoms with Gasteiger partial charge in [0, 0.05) is 17.6 Å². The summed E-state index contributed by atoms with van der Waals surface area (Å²) >= 11 is 0. The van der Waals surface area contributed by atoms with E-state index in [4.69, 9.17) is 0 Å². The molecule has 0 unspecified atom stereocenters. The van der Waals surface area contributed by atoms with Crippen molar-refractivity contribution in [1.82, 2.24) is 4.90 Å². The average molecular weight is 346 g/mol. The van der Waals surface area contributed by atoms with Gasteiger partial charge in [-0.2, -0.15) is 0 Å². The Balaban J connectivity index is 1.49. The smallest absolute Gasteiger partial charge is 0.254 e. The number of fused-ring (bicyclic) bond motifs is 5. The topological polar surface area (TPSA) is 57.7 Å². The molecule has 0 radical (unpaired) electrons. The largest absolute Gasteiger partial charge is 0.331 e. The van der Waals surface area contributed by atoms with Crippen molar-refractivity contribution in [1.29, 1.82) is 0 Å². The number of amides is 3. The molecule has 26 heavy (non-hydrogen) atoms. The van der Waals surface area contributed by atoms with Crippen molar-refractivity contribution in [2.24, 2.45) is 11.8 Å². The molecule has 3 aliphatic rings. The molecule has 0 spiro atoms. The quantitative estimate of drug-likeness (QED) is 0.785. The van der Waals surface area contributed by atoms with Crippen LogP contribution in [0.1, 0.15) is 23.2 Å². The summed E-state index contributed by atoms with van der Waals surface area (Å²) < 4.78 is 0. The molecule has 0 saturated carbocycles. The molecule has 130 valence electrons. The summed E-state index contributed by atoms with van der Waals surface area (Å²) in [4.78, 5) is 42.2. The Labute approximate surface area is 151 Å². The fourth-order valence-electron chi connectivity index (χ4n) is 4.96. The second-order valence-corrected chi connectivity index (χ2v) is 7.19. The van der Waals surface area contributed by atoms with Gasteiger partial charge in [0.15, 0.2) is 0 Å². The first-order valence-corrected chi connectivity index (χ1v) is 8.99. The second kappa shape index (κ2) is 5.53. The van der Waals surface area contributed by atoms with Gasteiger partial charge >= 0.3 is 0 Å². The summed E-state index contributed by atoms with van der Waals surface area (Å²) in [5.74, 6) is -1.21. The third-order valence-electron chi connectivity index (χ3n) is 5.97. The number of carbonyl (C=O) groups excluding carboxylic acids is 3. The lowest BCUT2D eigenvalue weighted by atomic mass is 9.81. The maximum Gasteiger partial charge on any atom is 0.254 e. The number of para-hydroxylation sites is 1. The number of nitrogens with zero attached hydrogens (tertiary/aromatic N) is 2. The third-order valence-corrected chi connectivity index (χ3v) is 5.97. The van der Waals surface area contributed by atoms with Crippen LogP contribution < -0.4 is 4.90 Å². The van der Waals surface area contributed by atoms with Crippen molar-refractivity contribution < 1.29 is 14.4 Å². The van der Waals surface area contributed by atoms with Crippen molar-refractivity contribution >= 4 is 23.4 Å². The molecular formula is C21H18N2O3. The number of hydrogen-bond acceptors (Lipinski definition) is 3. The van der Waals surface area contributed by atoms with Crippen molar-refractivity contribution in [2.45, 2.75) is 24.9 Å². The van der Waals surface area contributed by atoms with Crippen LogP contribution in [0.25, 0.3) is 0 Å². The molecule has 0 N–H and O–H groups in total. The molecule has 0 aromatic heterocycles. The van der Waals surface area contributed by atoms with E-state index in [2.05, 4.69) is 0 Å². The van der Waals surface area contributed by atoms with Gasteiger partial charge in [-0.05, 0) is 37.1 Å². The number of rotatable bonds is 2. The fourth-order valence-corrected chi connectivity index (χ4v) is 4.96. The highest BCUT2D eigenvalue weighted by Crippen LogP contribution is 2.51. The Morgan fingerprint density at radius 1 is 0.769 bits per heavy atom. The molecule has 4 atom stereocenters. The van der Waals surface area contributed by atoms with Crippen LogP contribution in [-0.2, 0) is 9.59 Å². The number of imide groups is 1. The zero-order chi connectivity index (χ0) is 17.8. The Kier molecular flexibility index (Phi) is 3.26. The van der Waals surface area contributed by atoms with Gasteiger partial charge in [0.2, 0.25) is 11.8 Å². The molecule has 2 bridgehead atoms. The normalized spacial score (nSPS) is 29.4. The maximum absolute atomic E-state index is 13.1. The molecule has 3 heterocycles. The highest BCUT2D eigenvalue weighted by Gasteiger charge is 2.65. The van der Waals surface area contributed by atoms with Crippen LogP contribution in [0.3, 0.4) is 0 Å². The standard InChI is InChI=1S/C21H18N2O3/c24-19(13-7-3-1-4-8-13)23-15-11-12-16(23)18-17(15)20(25)22(21(18)26)14-9-5-2-6-10-14/h1-10,15-18H,11-12H2/t15-,16-,17+,18+/m0/s1. The van der Waals surface area contributed by atoms with E-state index >= 15 is 0 Å². The molecule has 0 aliphatic carbocycles. The minimum Gasteiger partial charge on any atom is -0.331 e. The predicted molar refractivity (Wildman–Crippen MR) is 95.3 cm³/mol. The van der Waals surface area contributed by atoms with Crippen LogP contribution in [0.5, 0.6) is 0 Å². The molecule has 2 aromatic rings. The molecule has 2 aromatic carbocycles. The first kappa shape index (κ1) is 15.3. The van der Waals surface area contributed by atoms with Crippen LogP contribution in [0, 0.1) is 11.8 Å². The van der Waals surface area contributed by atoms with E-state index in [0.717, 1.165) is 12.8 Å². The monoisotopic (exact) mass is 346 g/mol. The highest BCUT2D eigenvalue weighted by molar-refractivity contribution is 6.23. The maximum atomic E-state index is 13.1. The van der Waals surface area contributed by atoms with Gasteiger partial charge in [0.1, 0.15) is 0 Å². The lowest BCUT2D eigenvalue weighted by molar-refractivity contribution is -0.123. The van der Waals surface area contributed by atoms with E-state index in [0.29, 0.717) is 11.3 Å². The summed E-state index contributed by atoms with van der Waals surface area (Å²) in [6.45, 7) is 0. The zero-order valence-electron chi connectivity index (χ0n) is 14.1. The summed E-state index contributed by atoms with van der Waals surface area (Å²) in [5.41, 5.74) is 1.24. The fraction of sp³-hybridized carbons (Fsp3) is 0.286. The van der Waals surface area contributed by atoms with Crippen molar-refractivity contribution in [3.05, 3.63) is 66.2 Å². The van der Waals surface area contributed by atoms with Gasteiger partial charge in [-0.1, -0.05) is 36.4 Å². The van der Waals surface area contributed by atoms with Gasteiger partial charge in [0.25, 0.3) is 5.91 Å². The summed E-state index contributed by atoms with van der Waals surface area (Å²) in [6.07, 6.45) is 1.57. The van der Waals surface area contributed by atoms with E-state index in [1.54, 1.807) is 24.3 Å². The zero-order valence-corrected chi connectivity index (χ0v) is 14.1. The first-order chi connectivity index (χ1) is 12.7. The third kappa shape index (κ3) is 1.94. The Morgan fingerprint density at radius 2 is 1.27 bits per heavy atom. The Bertz CT molecular complexity index is 866. The van der Waals surface area contributed by atoms with Crippen molar-refractivity contribution in [3.63, 3.8) is 0 Å². The van der Waals surface area contributed by atoms with E-state index < -0.39 is 11.8 Å². The Hall–Kier alpha value is -2.95. The van der Waals surface area contributed by atoms with Gasteiger partial charge in [-0.3, -0.25) is 14.4 Å². The molecule has 5 rings (SSSR count). The number of benzene rings is 2. The van der Waals surface area contributed by atoms with E-state index in [-0.39, 0.29) is 29.8 Å². The van der Waals surface area contributed by atoms with E-state index in [9.17, 15) is 14.4 Å². The van der Waals surface area contributed by atoms with Gasteiger partial charge in [-0.15, -0.1) is 0 Å². The summed E-state index contributed by atoms with van der Waals surface area (Å²) in [6, 6.07) is 17.8. The van der Waals surface area contributed by atoms with E-state index in [1.807, 2.05) is 41.3 Å². The van der Waals surface area contributed by atoms with Crippen molar-refractivity contribution in [2.75, 3.05) is 4.90 Å². The van der Waals surface area contributed by atoms with Gasteiger partial charge in [-0.25, -0.2) is 4.90 Å². The first-order valence-electron chi connectivity index (χ1n) is 8.99. The molecule has 5 nitrogen and oxygen atoms in total. The Morgan fingerprint density at radius 3 is 1.81 bits per heavy atom. The van der Waals surface area contributed by atoms with Gasteiger partial charge < -0.3 is 4.90 Å². The lowest BCUT2D eigenvalue weighted by Gasteiger charge is -2.26. The summed E-state index contributed by atoms with van der Waals surface area (Å²) in [7, 11) is 0. The number of anilines is 1. The molecule has 5 heteroatoms. The second-order valence-electron chi connectivity index (χ2n) is 7.19. The highest BCUT2D eigenvalue weighted by atomic mass is 16.2. The molecule has 3 fully saturated rings. The minimum atomic E-state index is -0.408. The van der Waals surface area contributed by atoms with E-state index in [1.165, 1.54) is 4.90 Å². The summed E-state index contributed by atoms with van der Waals surface area (Å²) in [5, 5.41) is 0. The van der Waals surface area contributed by atoms with Gasteiger partial charge in [0.05, 0.1) is 17.5 Å². The molecule has 3 amide bonds. The number of hydrogen-bond donors (Lipinski definition) is 0. The van der Waals surface area contributed by atoms with Crippen LogP contribution in [0.4, 0.5) is 5.69 Å². The lowest BCUT2D eigenvalue weighted by Crippen LogP contribution is -2.43.